The number of methoxy groups -OCH3 is 1. The molecule has 0 saturated heterocycles. The first kappa shape index (κ1) is 11.9. The van der Waals surface area contributed by atoms with Crippen LogP contribution in [0.3, 0.4) is 0 Å². The molecule has 7 nitrogen and oxygen atoms in total. The molecule has 0 radical (unpaired) electrons. The Morgan fingerprint density at radius 3 is 2.81 bits per heavy atom. The number of hydrogen-bond donors (Lipinski definition) is 2. The van der Waals surface area contributed by atoms with Gasteiger partial charge in [-0.25, -0.2) is 14.8 Å². The number of ether oxygens (including phenoxy) is 1. The number of primary amides is 1. The zero-order chi connectivity index (χ0) is 12.1. The molecule has 0 aliphatic carbocycles. The molecule has 1 rings (SSSR count). The van der Waals surface area contributed by atoms with Gasteiger partial charge in [0.2, 0.25) is 11.9 Å². The maximum absolute atomic E-state index is 11.2. The van der Waals surface area contributed by atoms with Crippen LogP contribution in [0.25, 0.3) is 0 Å². The molecule has 0 bridgehead atoms. The molecule has 86 valence electrons. The average Bonchev–Trinajstić information content (AvgIpc) is 2.28. The van der Waals surface area contributed by atoms with Crippen LogP contribution in [-0.2, 0) is 9.53 Å². The van der Waals surface area contributed by atoms with E-state index < -0.39 is 17.9 Å². The predicted octanol–water partition coefficient (Wildman–Crippen LogP) is -0.451. The van der Waals surface area contributed by atoms with Crippen LogP contribution < -0.4 is 11.1 Å². The van der Waals surface area contributed by atoms with Crippen molar-refractivity contribution in [2.24, 2.45) is 5.73 Å². The molecule has 7 heteroatoms. The number of aromatic nitrogens is 2. The molecular formula is C9H12N4O3. The van der Waals surface area contributed by atoms with Gasteiger partial charge in [-0.05, 0) is 13.0 Å². The van der Waals surface area contributed by atoms with Crippen LogP contribution in [0.2, 0.25) is 0 Å². The molecule has 3 N–H and O–H groups in total. The van der Waals surface area contributed by atoms with Crippen molar-refractivity contribution < 1.29 is 14.3 Å². The van der Waals surface area contributed by atoms with Gasteiger partial charge >= 0.3 is 5.97 Å². The lowest BCUT2D eigenvalue weighted by Crippen LogP contribution is -2.33. The van der Waals surface area contributed by atoms with E-state index in [2.05, 4.69) is 20.0 Å². The van der Waals surface area contributed by atoms with Crippen LogP contribution in [0.15, 0.2) is 12.3 Å². The highest BCUT2D eigenvalue weighted by molar-refractivity contribution is 5.87. The first-order valence-electron chi connectivity index (χ1n) is 4.52. The summed E-state index contributed by atoms with van der Waals surface area (Å²) in [6.45, 7) is 1.57. The summed E-state index contributed by atoms with van der Waals surface area (Å²) in [6.07, 6.45) is 1.38. The number of carbonyl (C=O) groups is 2. The van der Waals surface area contributed by atoms with Crippen LogP contribution >= 0.6 is 0 Å². The van der Waals surface area contributed by atoms with Gasteiger partial charge in [-0.3, -0.25) is 4.79 Å². The molecule has 1 aromatic heterocycles. The van der Waals surface area contributed by atoms with Gasteiger partial charge in [0.15, 0.2) is 5.69 Å². The normalized spacial score (nSPS) is 11.6. The highest BCUT2D eigenvalue weighted by Crippen LogP contribution is 2.03. The molecule has 0 aromatic carbocycles. The second kappa shape index (κ2) is 5.06. The molecule has 1 aromatic rings. The summed E-state index contributed by atoms with van der Waals surface area (Å²) in [7, 11) is 1.25. The Bertz CT molecular complexity index is 407. The van der Waals surface area contributed by atoms with Crippen LogP contribution in [-0.4, -0.2) is 35.0 Å². The summed E-state index contributed by atoms with van der Waals surface area (Å²) in [6, 6.07) is 0.791. The third-order valence-electron chi connectivity index (χ3n) is 1.82. The van der Waals surface area contributed by atoms with E-state index in [-0.39, 0.29) is 11.6 Å². The van der Waals surface area contributed by atoms with Gasteiger partial charge < -0.3 is 15.8 Å². The molecule has 0 fully saturated rings. The number of nitrogens with zero attached hydrogens (tertiary/aromatic N) is 2. The van der Waals surface area contributed by atoms with Crippen LogP contribution in [0.4, 0.5) is 5.95 Å². The van der Waals surface area contributed by atoms with E-state index >= 15 is 0 Å². The number of rotatable bonds is 4. The van der Waals surface area contributed by atoms with Crippen molar-refractivity contribution in [1.29, 1.82) is 0 Å². The largest absolute Gasteiger partial charge is 0.464 e. The third-order valence-corrected chi connectivity index (χ3v) is 1.82. The van der Waals surface area contributed by atoms with Crippen LogP contribution in [0, 0.1) is 0 Å². The topological polar surface area (TPSA) is 107 Å². The number of nitrogens with two attached hydrogens (primary N) is 1. The van der Waals surface area contributed by atoms with E-state index in [0.29, 0.717) is 0 Å². The molecule has 0 spiro atoms. The van der Waals surface area contributed by atoms with Gasteiger partial charge in [0.25, 0.3) is 0 Å². The van der Waals surface area contributed by atoms with Crippen LogP contribution in [0.5, 0.6) is 0 Å². The van der Waals surface area contributed by atoms with Crippen LogP contribution in [0.1, 0.15) is 17.4 Å². The zero-order valence-corrected chi connectivity index (χ0v) is 8.93. The van der Waals surface area contributed by atoms with E-state index in [9.17, 15) is 9.59 Å². The highest BCUT2D eigenvalue weighted by Gasteiger charge is 2.12. The SMILES string of the molecule is COC(=O)c1ccnc(N[C@H](C)C(N)=O)n1. The lowest BCUT2D eigenvalue weighted by Gasteiger charge is -2.09. The molecule has 1 heterocycles. The minimum absolute atomic E-state index is 0.108. The van der Waals surface area contributed by atoms with Crippen molar-refractivity contribution in [1.82, 2.24) is 9.97 Å². The number of hydrogen-bond acceptors (Lipinski definition) is 6. The Labute approximate surface area is 92.0 Å². The Hall–Kier alpha value is -2.18. The lowest BCUT2D eigenvalue weighted by molar-refractivity contribution is -0.118. The Balaban J connectivity index is 2.82. The predicted molar refractivity (Wildman–Crippen MR) is 55.7 cm³/mol. The van der Waals surface area contributed by atoms with E-state index in [1.165, 1.54) is 19.4 Å². The lowest BCUT2D eigenvalue weighted by atomic mass is 10.3. The summed E-state index contributed by atoms with van der Waals surface area (Å²) < 4.78 is 4.50. The zero-order valence-electron chi connectivity index (χ0n) is 8.93. The third kappa shape index (κ3) is 2.91. The number of amides is 1. The Morgan fingerprint density at radius 1 is 1.56 bits per heavy atom. The second-order valence-corrected chi connectivity index (χ2v) is 3.03. The van der Waals surface area contributed by atoms with E-state index in [4.69, 9.17) is 5.73 Å². The molecule has 0 aliphatic rings. The molecular weight excluding hydrogens is 212 g/mol. The number of carbonyl (C=O) groups excluding carboxylic acids is 2. The van der Waals surface area contributed by atoms with Gasteiger partial charge in [0.05, 0.1) is 7.11 Å². The molecule has 1 atom stereocenters. The maximum atomic E-state index is 11.2. The molecule has 0 unspecified atom stereocenters. The van der Waals surface area contributed by atoms with Gasteiger partial charge in [-0.15, -0.1) is 0 Å². The molecule has 1 amide bonds. The minimum Gasteiger partial charge on any atom is -0.464 e. The number of nitrogens with one attached hydrogen (secondary N) is 1. The first-order chi connectivity index (χ1) is 7.54. The fourth-order valence-electron chi connectivity index (χ4n) is 0.911. The number of anilines is 1. The maximum Gasteiger partial charge on any atom is 0.356 e. The van der Waals surface area contributed by atoms with Crippen molar-refractivity contribution in [2.75, 3.05) is 12.4 Å². The molecule has 0 saturated carbocycles. The summed E-state index contributed by atoms with van der Waals surface area (Å²) in [5.41, 5.74) is 5.17. The molecule has 16 heavy (non-hydrogen) atoms. The Kier molecular flexibility index (Phi) is 3.76. The van der Waals surface area contributed by atoms with Gasteiger partial charge in [0, 0.05) is 6.20 Å². The van der Waals surface area contributed by atoms with Crippen molar-refractivity contribution in [3.05, 3.63) is 18.0 Å². The monoisotopic (exact) mass is 224 g/mol. The summed E-state index contributed by atoms with van der Waals surface area (Å²) >= 11 is 0. The quantitative estimate of drug-likeness (QED) is 0.670. The fourth-order valence-corrected chi connectivity index (χ4v) is 0.911. The summed E-state index contributed by atoms with van der Waals surface area (Å²) in [5, 5.41) is 2.66. The van der Waals surface area contributed by atoms with Crippen molar-refractivity contribution in [3.63, 3.8) is 0 Å². The fraction of sp³-hybridized carbons (Fsp3) is 0.333. The van der Waals surface area contributed by atoms with Crippen molar-refractivity contribution >= 4 is 17.8 Å². The van der Waals surface area contributed by atoms with Gasteiger partial charge in [-0.1, -0.05) is 0 Å². The van der Waals surface area contributed by atoms with Gasteiger partial charge in [-0.2, -0.15) is 0 Å². The Morgan fingerprint density at radius 2 is 2.25 bits per heavy atom. The minimum atomic E-state index is -0.618. The van der Waals surface area contributed by atoms with E-state index in [1.54, 1.807) is 6.92 Å². The second-order valence-electron chi connectivity index (χ2n) is 3.03. The van der Waals surface area contributed by atoms with Crippen molar-refractivity contribution in [2.45, 2.75) is 13.0 Å². The highest BCUT2D eigenvalue weighted by atomic mass is 16.5. The smallest absolute Gasteiger partial charge is 0.356 e. The summed E-state index contributed by atoms with van der Waals surface area (Å²) in [5.74, 6) is -0.960. The average molecular weight is 224 g/mol. The van der Waals surface area contributed by atoms with E-state index in [0.717, 1.165) is 0 Å². The standard InChI is InChI=1S/C9H12N4O3/c1-5(7(10)14)12-9-11-4-3-6(13-9)8(15)16-2/h3-5H,1-2H3,(H2,10,14)(H,11,12,13)/t5-/m1/s1. The number of esters is 1. The van der Waals surface area contributed by atoms with Crippen molar-refractivity contribution in [3.8, 4) is 0 Å². The van der Waals surface area contributed by atoms with E-state index in [1.807, 2.05) is 0 Å². The summed E-state index contributed by atoms with van der Waals surface area (Å²) in [4.78, 5) is 29.6. The van der Waals surface area contributed by atoms with Gasteiger partial charge in [0.1, 0.15) is 6.04 Å². The first-order valence-corrected chi connectivity index (χ1v) is 4.52. The molecule has 0 aliphatic heterocycles.